The number of nitrogens with one attached hydrogen (secondary N) is 1. The Morgan fingerprint density at radius 3 is 2.55 bits per heavy atom. The lowest BCUT2D eigenvalue weighted by Gasteiger charge is -2.08. The van der Waals surface area contributed by atoms with Crippen LogP contribution in [0.25, 0.3) is 0 Å². The number of aryl methyl sites for hydroxylation is 1. The van der Waals surface area contributed by atoms with Gasteiger partial charge in [-0.1, -0.05) is 16.6 Å². The third-order valence-electron chi connectivity index (χ3n) is 4.98. The number of aromatic nitrogens is 6. The summed E-state index contributed by atoms with van der Waals surface area (Å²) in [7, 11) is 0. The van der Waals surface area contributed by atoms with Crippen molar-refractivity contribution in [2.24, 2.45) is 0 Å². The smallest absolute Gasteiger partial charge is 0.346 e. The Morgan fingerprint density at radius 1 is 1.08 bits per heavy atom. The summed E-state index contributed by atoms with van der Waals surface area (Å²) in [4.78, 5) is 27.7. The van der Waals surface area contributed by atoms with Gasteiger partial charge in [0.15, 0.2) is 5.78 Å². The lowest BCUT2D eigenvalue weighted by molar-refractivity contribution is -0.138. The summed E-state index contributed by atoms with van der Waals surface area (Å²) in [6, 6.07) is 0.863. The molecular weight excluding hydrogens is 547 g/mol. The van der Waals surface area contributed by atoms with Crippen LogP contribution in [0.4, 0.5) is 30.7 Å². The van der Waals surface area contributed by atoms with E-state index in [0.717, 1.165) is 28.3 Å². The Morgan fingerprint density at radius 2 is 1.84 bits per heavy atom. The van der Waals surface area contributed by atoms with Gasteiger partial charge in [-0.15, -0.1) is 15.3 Å². The van der Waals surface area contributed by atoms with Crippen molar-refractivity contribution in [2.75, 3.05) is 0 Å². The van der Waals surface area contributed by atoms with Crippen molar-refractivity contribution in [3.05, 3.63) is 51.5 Å². The Balaban J connectivity index is 1.43. The second-order valence-corrected chi connectivity index (χ2v) is 9.18. The summed E-state index contributed by atoms with van der Waals surface area (Å²) >= 11 is 0.893. The van der Waals surface area contributed by atoms with Crippen LogP contribution in [0.15, 0.2) is 24.7 Å². The number of rotatable bonds is 12. The minimum absolute atomic E-state index is 0.0408. The molecule has 0 saturated heterocycles. The van der Waals surface area contributed by atoms with E-state index in [9.17, 15) is 40.3 Å². The van der Waals surface area contributed by atoms with Crippen LogP contribution in [0, 0.1) is 0 Å². The molecular formula is C21H20F7N7O2S. The lowest BCUT2D eigenvalue weighted by atomic mass is 10.1. The summed E-state index contributed by atoms with van der Waals surface area (Å²) in [6.07, 6.45) is -9.12. The summed E-state index contributed by atoms with van der Waals surface area (Å²) in [5.74, 6) is -1.29. The highest BCUT2D eigenvalue weighted by Gasteiger charge is 2.31. The monoisotopic (exact) mass is 567 g/mol. The minimum Gasteiger partial charge on any atom is -0.346 e. The maximum atomic E-state index is 14.4. The number of nitrogens with zero attached hydrogens (tertiary/aromatic N) is 6. The molecule has 3 heterocycles. The normalized spacial score (nSPS) is 12.9. The molecule has 206 valence electrons. The van der Waals surface area contributed by atoms with Gasteiger partial charge in [-0.05, 0) is 24.5 Å². The van der Waals surface area contributed by atoms with Gasteiger partial charge in [-0.25, -0.2) is 9.07 Å². The fourth-order valence-corrected chi connectivity index (χ4v) is 3.88. The molecule has 3 aromatic rings. The Kier molecular flexibility index (Phi) is 9.45. The summed E-state index contributed by atoms with van der Waals surface area (Å²) in [6.45, 7) is -0.484. The molecule has 17 heteroatoms. The molecule has 1 amide bonds. The van der Waals surface area contributed by atoms with Crippen molar-refractivity contribution in [1.82, 2.24) is 35.5 Å². The van der Waals surface area contributed by atoms with E-state index in [-0.39, 0.29) is 55.0 Å². The number of pyridine rings is 1. The van der Waals surface area contributed by atoms with Crippen molar-refractivity contribution in [3.63, 3.8) is 0 Å². The van der Waals surface area contributed by atoms with Crippen molar-refractivity contribution >= 4 is 23.0 Å². The first-order valence-corrected chi connectivity index (χ1v) is 11.9. The second-order valence-electron chi connectivity index (χ2n) is 8.12. The maximum absolute atomic E-state index is 14.4. The number of alkyl halides is 7. The molecule has 1 N–H and O–H groups in total. The SMILES string of the molecule is O=C(CCCC(F)(F)F)c1cn(CC(F)CCc2nnc(C(=O)NCc3cncc(C(F)(F)F)c3)s2)nn1. The van der Waals surface area contributed by atoms with E-state index >= 15 is 0 Å². The minimum atomic E-state index is -4.57. The third-order valence-corrected chi connectivity index (χ3v) is 5.96. The first-order valence-electron chi connectivity index (χ1n) is 11.1. The lowest BCUT2D eigenvalue weighted by Crippen LogP contribution is -2.23. The molecule has 0 aliphatic rings. The highest BCUT2D eigenvalue weighted by Crippen LogP contribution is 2.29. The van der Waals surface area contributed by atoms with Crippen LogP contribution in [-0.4, -0.2) is 54.2 Å². The predicted octanol–water partition coefficient (Wildman–Crippen LogP) is 4.36. The van der Waals surface area contributed by atoms with Gasteiger partial charge in [0, 0.05) is 38.2 Å². The van der Waals surface area contributed by atoms with E-state index in [1.54, 1.807) is 0 Å². The molecule has 9 nitrogen and oxygen atoms in total. The second kappa shape index (κ2) is 12.4. The average Bonchev–Trinajstić information content (AvgIpc) is 3.50. The molecule has 0 radical (unpaired) electrons. The summed E-state index contributed by atoms with van der Waals surface area (Å²) < 4.78 is 90.4. The van der Waals surface area contributed by atoms with Crippen LogP contribution in [0.3, 0.4) is 0 Å². The number of hydrogen-bond acceptors (Lipinski definition) is 8. The van der Waals surface area contributed by atoms with Crippen LogP contribution in [0.2, 0.25) is 0 Å². The number of Topliss-reactive ketones (excluding diaryl/α,β-unsaturated/α-hetero) is 1. The number of hydrogen-bond donors (Lipinski definition) is 1. The van der Waals surface area contributed by atoms with Crippen molar-refractivity contribution in [2.45, 2.75) is 63.7 Å². The number of amides is 1. The molecule has 0 aliphatic heterocycles. The van der Waals surface area contributed by atoms with Gasteiger partial charge in [-0.2, -0.15) is 26.3 Å². The number of carbonyl (C=O) groups excluding carboxylic acids is 2. The van der Waals surface area contributed by atoms with Crippen molar-refractivity contribution in [3.8, 4) is 0 Å². The van der Waals surface area contributed by atoms with E-state index in [1.807, 2.05) is 0 Å². The van der Waals surface area contributed by atoms with Crippen molar-refractivity contribution in [1.29, 1.82) is 0 Å². The van der Waals surface area contributed by atoms with Crippen LogP contribution >= 0.6 is 11.3 Å². The molecule has 38 heavy (non-hydrogen) atoms. The molecule has 3 rings (SSSR count). The van der Waals surface area contributed by atoms with Gasteiger partial charge in [0.2, 0.25) is 5.01 Å². The zero-order valence-electron chi connectivity index (χ0n) is 19.4. The van der Waals surface area contributed by atoms with Gasteiger partial charge in [0.25, 0.3) is 5.91 Å². The quantitative estimate of drug-likeness (QED) is 0.256. The van der Waals surface area contributed by atoms with Gasteiger partial charge in [0.1, 0.15) is 16.9 Å². The predicted molar refractivity (Wildman–Crippen MR) is 118 cm³/mol. The van der Waals surface area contributed by atoms with Gasteiger partial charge < -0.3 is 5.32 Å². The van der Waals surface area contributed by atoms with Crippen LogP contribution in [0.5, 0.6) is 0 Å². The van der Waals surface area contributed by atoms with E-state index in [4.69, 9.17) is 0 Å². The molecule has 0 spiro atoms. The van der Waals surface area contributed by atoms with E-state index < -0.39 is 42.2 Å². The zero-order chi connectivity index (χ0) is 27.9. The van der Waals surface area contributed by atoms with Gasteiger partial charge in [0.05, 0.1) is 18.3 Å². The maximum Gasteiger partial charge on any atom is 0.417 e. The fraction of sp³-hybridized carbons (Fsp3) is 0.476. The zero-order valence-corrected chi connectivity index (χ0v) is 20.2. The Bertz CT molecular complexity index is 1240. The first kappa shape index (κ1) is 29.1. The molecule has 1 atom stereocenters. The van der Waals surface area contributed by atoms with E-state index in [2.05, 4.69) is 30.8 Å². The van der Waals surface area contributed by atoms with Crippen molar-refractivity contribution < 1.29 is 40.3 Å². The molecule has 0 bridgehead atoms. The largest absolute Gasteiger partial charge is 0.417 e. The fourth-order valence-electron chi connectivity index (χ4n) is 3.11. The number of carbonyl (C=O) groups is 2. The molecule has 1 unspecified atom stereocenters. The summed E-state index contributed by atoms with van der Waals surface area (Å²) in [5.41, 5.74) is -0.963. The Labute approximate surface area is 214 Å². The van der Waals surface area contributed by atoms with Crippen LogP contribution in [-0.2, 0) is 25.7 Å². The standard InChI is InChI=1S/C21H20F7N7O2S/c22-14(10-35-11-15(31-34-35)16(36)2-1-5-20(23,24)25)3-4-17-32-33-19(38-17)18(37)30-8-12-6-13(9-29-7-12)21(26,27)28/h6-7,9,11,14H,1-5,8,10H2,(H,30,37). The highest BCUT2D eigenvalue weighted by atomic mass is 32.1. The topological polar surface area (TPSA) is 116 Å². The number of ketones is 1. The molecule has 3 aromatic heterocycles. The third kappa shape index (κ3) is 9.11. The average molecular weight is 567 g/mol. The Hall–Kier alpha value is -3.50. The number of halogens is 7. The first-order chi connectivity index (χ1) is 17.8. The van der Waals surface area contributed by atoms with Gasteiger partial charge in [-0.3, -0.25) is 14.6 Å². The van der Waals surface area contributed by atoms with Gasteiger partial charge >= 0.3 is 12.4 Å². The van der Waals surface area contributed by atoms with E-state index in [0.29, 0.717) is 11.2 Å². The van der Waals surface area contributed by atoms with Crippen LogP contribution < -0.4 is 5.32 Å². The highest BCUT2D eigenvalue weighted by molar-refractivity contribution is 7.13. The van der Waals surface area contributed by atoms with E-state index in [1.165, 1.54) is 6.20 Å². The van der Waals surface area contributed by atoms with Crippen LogP contribution in [0.1, 0.15) is 62.1 Å². The summed E-state index contributed by atoms with van der Waals surface area (Å²) in [5, 5.41) is 17.4. The molecule has 0 saturated carbocycles. The molecule has 0 aromatic carbocycles. The molecule has 0 aliphatic carbocycles. The molecule has 0 fully saturated rings.